The average molecular weight is 319 g/mol. The number of rotatable bonds is 4. The number of fused-ring (bicyclic) bond motifs is 1. The molecule has 5 heteroatoms. The first-order chi connectivity index (χ1) is 11.7. The van der Waals surface area contributed by atoms with Crippen LogP contribution in [0.25, 0.3) is 16.9 Å². The van der Waals surface area contributed by atoms with E-state index < -0.39 is 0 Å². The van der Waals surface area contributed by atoms with E-state index in [4.69, 9.17) is 9.40 Å². The van der Waals surface area contributed by atoms with Crippen LogP contribution in [0.4, 0.5) is 5.82 Å². The molecule has 1 aromatic carbocycles. The standard InChI is InChI=1S/C19H17N3O2/c1-13-6-4-10-22-18(13)21-17(15-8-2-3-9-16(15)23)19(22)20-12-14-7-5-11-24-14/h2-11,20,23H,12H2,1H3. The molecule has 3 heterocycles. The zero-order valence-electron chi connectivity index (χ0n) is 13.2. The van der Waals surface area contributed by atoms with Gasteiger partial charge >= 0.3 is 0 Å². The van der Waals surface area contributed by atoms with E-state index in [0.29, 0.717) is 17.8 Å². The van der Waals surface area contributed by atoms with Crippen molar-refractivity contribution in [3.8, 4) is 17.0 Å². The summed E-state index contributed by atoms with van der Waals surface area (Å²) in [4.78, 5) is 4.75. The van der Waals surface area contributed by atoms with Crippen LogP contribution in [0, 0.1) is 6.92 Å². The van der Waals surface area contributed by atoms with Crippen LogP contribution in [0.2, 0.25) is 0 Å². The molecular weight excluding hydrogens is 302 g/mol. The summed E-state index contributed by atoms with van der Waals surface area (Å²) >= 11 is 0. The second kappa shape index (κ2) is 5.77. The van der Waals surface area contributed by atoms with Crippen LogP contribution >= 0.6 is 0 Å². The van der Waals surface area contributed by atoms with Crippen LogP contribution in [0.5, 0.6) is 5.75 Å². The van der Waals surface area contributed by atoms with E-state index in [0.717, 1.165) is 22.8 Å². The Labute approximate surface area is 139 Å². The highest BCUT2D eigenvalue weighted by molar-refractivity contribution is 5.80. The van der Waals surface area contributed by atoms with Gasteiger partial charge in [0.25, 0.3) is 0 Å². The van der Waals surface area contributed by atoms with Gasteiger partial charge in [0.15, 0.2) is 0 Å². The molecule has 0 bridgehead atoms. The molecule has 3 aromatic heterocycles. The minimum Gasteiger partial charge on any atom is -0.507 e. The van der Waals surface area contributed by atoms with Crippen molar-refractivity contribution in [3.05, 3.63) is 72.3 Å². The third-order valence-corrected chi connectivity index (χ3v) is 4.01. The monoisotopic (exact) mass is 319 g/mol. The van der Waals surface area contributed by atoms with Gasteiger partial charge in [0.2, 0.25) is 0 Å². The third-order valence-electron chi connectivity index (χ3n) is 4.01. The number of aromatic hydroxyl groups is 1. The van der Waals surface area contributed by atoms with E-state index >= 15 is 0 Å². The second-order valence-corrected chi connectivity index (χ2v) is 5.64. The Morgan fingerprint density at radius 3 is 2.79 bits per heavy atom. The molecule has 120 valence electrons. The summed E-state index contributed by atoms with van der Waals surface area (Å²) < 4.78 is 7.40. The molecule has 0 spiro atoms. The van der Waals surface area contributed by atoms with Gasteiger partial charge in [-0.05, 0) is 42.8 Å². The number of hydrogen-bond donors (Lipinski definition) is 2. The lowest BCUT2D eigenvalue weighted by atomic mass is 10.1. The molecule has 0 saturated heterocycles. The average Bonchev–Trinajstić information content (AvgIpc) is 3.21. The first-order valence-electron chi connectivity index (χ1n) is 7.76. The van der Waals surface area contributed by atoms with Crippen molar-refractivity contribution in [3.63, 3.8) is 0 Å². The van der Waals surface area contributed by atoms with E-state index in [2.05, 4.69) is 5.32 Å². The van der Waals surface area contributed by atoms with Gasteiger partial charge in [0.05, 0.1) is 12.8 Å². The number of nitrogens with one attached hydrogen (secondary N) is 1. The zero-order valence-corrected chi connectivity index (χ0v) is 13.2. The summed E-state index contributed by atoms with van der Waals surface area (Å²) in [6, 6.07) is 15.0. The van der Waals surface area contributed by atoms with Gasteiger partial charge in [-0.3, -0.25) is 4.40 Å². The minimum atomic E-state index is 0.208. The van der Waals surface area contributed by atoms with Crippen LogP contribution in [0.15, 0.2) is 65.4 Å². The summed E-state index contributed by atoms with van der Waals surface area (Å²) in [5.74, 6) is 1.87. The van der Waals surface area contributed by atoms with E-state index in [9.17, 15) is 5.11 Å². The molecular formula is C19H17N3O2. The van der Waals surface area contributed by atoms with Crippen LogP contribution in [-0.4, -0.2) is 14.5 Å². The predicted octanol–water partition coefficient (Wildman–Crippen LogP) is 4.22. The first-order valence-corrected chi connectivity index (χ1v) is 7.76. The highest BCUT2D eigenvalue weighted by Gasteiger charge is 2.17. The number of anilines is 1. The summed E-state index contributed by atoms with van der Waals surface area (Å²) in [6.07, 6.45) is 3.61. The number of phenols is 1. The van der Waals surface area contributed by atoms with Gasteiger partial charge in [0, 0.05) is 11.8 Å². The summed E-state index contributed by atoms with van der Waals surface area (Å²) in [6.45, 7) is 2.56. The highest BCUT2D eigenvalue weighted by Crippen LogP contribution is 2.35. The maximum atomic E-state index is 10.2. The Morgan fingerprint density at radius 1 is 1.12 bits per heavy atom. The number of nitrogens with zero attached hydrogens (tertiary/aromatic N) is 2. The maximum absolute atomic E-state index is 10.2. The Hall–Kier alpha value is -3.21. The third kappa shape index (κ3) is 2.40. The van der Waals surface area contributed by atoms with E-state index in [1.807, 2.05) is 53.9 Å². The normalized spacial score (nSPS) is 11.0. The molecule has 4 rings (SSSR count). The first kappa shape index (κ1) is 14.4. The molecule has 0 unspecified atom stereocenters. The van der Waals surface area contributed by atoms with Gasteiger partial charge in [-0.15, -0.1) is 0 Å². The van der Waals surface area contributed by atoms with Gasteiger partial charge in [-0.2, -0.15) is 0 Å². The number of pyridine rings is 1. The molecule has 0 amide bonds. The van der Waals surface area contributed by atoms with Gasteiger partial charge in [-0.25, -0.2) is 4.98 Å². The van der Waals surface area contributed by atoms with Crippen molar-refractivity contribution in [1.29, 1.82) is 0 Å². The largest absolute Gasteiger partial charge is 0.507 e. The number of furan rings is 1. The smallest absolute Gasteiger partial charge is 0.142 e. The molecule has 0 fully saturated rings. The Kier molecular flexibility index (Phi) is 3.46. The highest BCUT2D eigenvalue weighted by atomic mass is 16.3. The molecule has 0 radical (unpaired) electrons. The number of hydrogen-bond acceptors (Lipinski definition) is 4. The molecule has 2 N–H and O–H groups in total. The number of aromatic nitrogens is 2. The minimum absolute atomic E-state index is 0.208. The van der Waals surface area contributed by atoms with Crippen LogP contribution < -0.4 is 5.32 Å². The number of benzene rings is 1. The lowest BCUT2D eigenvalue weighted by Gasteiger charge is -2.08. The van der Waals surface area contributed by atoms with Crippen molar-refractivity contribution in [2.45, 2.75) is 13.5 Å². The molecule has 0 aliphatic rings. The summed E-state index contributed by atoms with van der Waals surface area (Å²) in [5, 5.41) is 13.6. The second-order valence-electron chi connectivity index (χ2n) is 5.64. The van der Waals surface area contributed by atoms with Crippen molar-refractivity contribution in [2.75, 3.05) is 5.32 Å². The van der Waals surface area contributed by atoms with Crippen molar-refractivity contribution >= 4 is 11.5 Å². The quantitative estimate of drug-likeness (QED) is 0.591. The number of aryl methyl sites for hydroxylation is 1. The Morgan fingerprint density at radius 2 is 2.00 bits per heavy atom. The zero-order chi connectivity index (χ0) is 16.5. The predicted molar refractivity (Wildman–Crippen MR) is 93.1 cm³/mol. The fourth-order valence-corrected chi connectivity index (χ4v) is 2.82. The fraction of sp³-hybridized carbons (Fsp3) is 0.105. The number of phenolic OH excluding ortho intramolecular Hbond substituents is 1. The van der Waals surface area contributed by atoms with Crippen LogP contribution in [0.3, 0.4) is 0 Å². The maximum Gasteiger partial charge on any atom is 0.142 e. The molecule has 0 aliphatic heterocycles. The van der Waals surface area contributed by atoms with Crippen molar-refractivity contribution in [1.82, 2.24) is 9.38 Å². The molecule has 0 saturated carbocycles. The molecule has 4 aromatic rings. The van der Waals surface area contributed by atoms with E-state index in [1.54, 1.807) is 18.4 Å². The number of para-hydroxylation sites is 1. The lowest BCUT2D eigenvalue weighted by molar-refractivity contribution is 0.477. The molecule has 0 aliphatic carbocycles. The van der Waals surface area contributed by atoms with Crippen LogP contribution in [0.1, 0.15) is 11.3 Å². The van der Waals surface area contributed by atoms with Crippen LogP contribution in [-0.2, 0) is 6.54 Å². The summed E-state index contributed by atoms with van der Waals surface area (Å²) in [5.41, 5.74) is 3.34. The topological polar surface area (TPSA) is 62.7 Å². The molecule has 0 atom stereocenters. The SMILES string of the molecule is Cc1cccn2c(NCc3ccco3)c(-c3ccccc3O)nc12. The lowest BCUT2D eigenvalue weighted by Crippen LogP contribution is -2.02. The van der Waals surface area contributed by atoms with Gasteiger partial charge < -0.3 is 14.8 Å². The Balaban J connectivity index is 1.87. The Bertz CT molecular complexity index is 987. The molecule has 5 nitrogen and oxygen atoms in total. The van der Waals surface area contributed by atoms with Crippen molar-refractivity contribution < 1.29 is 9.52 Å². The van der Waals surface area contributed by atoms with E-state index in [1.165, 1.54) is 0 Å². The van der Waals surface area contributed by atoms with Gasteiger partial charge in [0.1, 0.15) is 28.7 Å². The fourth-order valence-electron chi connectivity index (χ4n) is 2.82. The van der Waals surface area contributed by atoms with Crippen molar-refractivity contribution in [2.24, 2.45) is 0 Å². The molecule has 24 heavy (non-hydrogen) atoms. The number of imidazole rings is 1. The summed E-state index contributed by atoms with van der Waals surface area (Å²) in [7, 11) is 0. The van der Waals surface area contributed by atoms with Gasteiger partial charge in [-0.1, -0.05) is 18.2 Å². The van der Waals surface area contributed by atoms with E-state index in [-0.39, 0.29) is 5.75 Å².